The summed E-state index contributed by atoms with van der Waals surface area (Å²) in [6.45, 7) is 3.65. The van der Waals surface area contributed by atoms with E-state index >= 15 is 0 Å². The zero-order valence-corrected chi connectivity index (χ0v) is 10.5. The number of aromatic nitrogens is 3. The largest absolute Gasteiger partial charge is 0.392 e. The second-order valence-electron chi connectivity index (χ2n) is 4.73. The van der Waals surface area contributed by atoms with Crippen LogP contribution in [0.5, 0.6) is 0 Å². The van der Waals surface area contributed by atoms with Gasteiger partial charge in [0, 0.05) is 12.6 Å². The van der Waals surface area contributed by atoms with Gasteiger partial charge in [-0.2, -0.15) is 0 Å². The average molecular weight is 238 g/mol. The van der Waals surface area contributed by atoms with Gasteiger partial charge in [0.05, 0.1) is 12.6 Å². The number of nitrogens with zero attached hydrogens (tertiary/aromatic N) is 3. The molecule has 1 aromatic heterocycles. The molecule has 0 bridgehead atoms. The smallest absolute Gasteiger partial charge is 0.146 e. The molecule has 0 saturated heterocycles. The van der Waals surface area contributed by atoms with Crippen LogP contribution < -0.4 is 5.32 Å². The van der Waals surface area contributed by atoms with Gasteiger partial charge in [-0.05, 0) is 19.8 Å². The minimum absolute atomic E-state index is 0.208. The Bertz CT molecular complexity index is 339. The highest BCUT2D eigenvalue weighted by atomic mass is 16.3. The van der Waals surface area contributed by atoms with Crippen molar-refractivity contribution in [2.24, 2.45) is 0 Å². The lowest BCUT2D eigenvalue weighted by Crippen LogP contribution is -2.39. The van der Waals surface area contributed by atoms with Crippen molar-refractivity contribution >= 4 is 0 Å². The summed E-state index contributed by atoms with van der Waals surface area (Å²) in [6, 6.07) is 0.208. The van der Waals surface area contributed by atoms with Gasteiger partial charge in [0.1, 0.15) is 12.2 Å². The van der Waals surface area contributed by atoms with Crippen molar-refractivity contribution in [3.05, 3.63) is 12.2 Å². The molecule has 5 nitrogen and oxygen atoms in total. The SMILES string of the molecule is CCn1cnnc1CNC1CCCCCC1O. The zero-order chi connectivity index (χ0) is 12.1. The molecule has 1 heterocycles. The molecule has 1 fully saturated rings. The Morgan fingerprint density at radius 1 is 1.41 bits per heavy atom. The van der Waals surface area contributed by atoms with E-state index in [4.69, 9.17) is 0 Å². The number of hydrogen-bond donors (Lipinski definition) is 2. The van der Waals surface area contributed by atoms with E-state index in [1.165, 1.54) is 12.8 Å². The number of aliphatic hydroxyl groups is 1. The van der Waals surface area contributed by atoms with Crippen molar-refractivity contribution in [2.75, 3.05) is 0 Å². The Kier molecular flexibility index (Phi) is 4.50. The lowest BCUT2D eigenvalue weighted by Gasteiger charge is -2.21. The van der Waals surface area contributed by atoms with Gasteiger partial charge in [-0.3, -0.25) is 0 Å². The van der Waals surface area contributed by atoms with Gasteiger partial charge >= 0.3 is 0 Å². The first-order chi connectivity index (χ1) is 8.31. The lowest BCUT2D eigenvalue weighted by atomic mass is 10.1. The molecule has 1 saturated carbocycles. The molecule has 0 amide bonds. The molecule has 1 aliphatic carbocycles. The van der Waals surface area contributed by atoms with E-state index in [1.807, 2.05) is 4.57 Å². The summed E-state index contributed by atoms with van der Waals surface area (Å²) in [6.07, 6.45) is 7.09. The number of rotatable bonds is 4. The predicted octanol–water partition coefficient (Wildman–Crippen LogP) is 1.08. The maximum Gasteiger partial charge on any atom is 0.146 e. The molecule has 2 atom stereocenters. The maximum atomic E-state index is 10.00. The van der Waals surface area contributed by atoms with Gasteiger partial charge in [-0.1, -0.05) is 19.3 Å². The molecule has 2 unspecified atom stereocenters. The Morgan fingerprint density at radius 3 is 3.06 bits per heavy atom. The van der Waals surface area contributed by atoms with Crippen molar-refractivity contribution in [1.82, 2.24) is 20.1 Å². The highest BCUT2D eigenvalue weighted by Crippen LogP contribution is 2.18. The van der Waals surface area contributed by atoms with E-state index in [2.05, 4.69) is 22.4 Å². The second kappa shape index (κ2) is 6.12. The third-order valence-electron chi connectivity index (χ3n) is 3.54. The molecule has 5 heteroatoms. The number of nitrogens with one attached hydrogen (secondary N) is 1. The van der Waals surface area contributed by atoms with Gasteiger partial charge in [0.15, 0.2) is 0 Å². The summed E-state index contributed by atoms with van der Waals surface area (Å²) in [5.41, 5.74) is 0. The van der Waals surface area contributed by atoms with Crippen LogP contribution in [-0.2, 0) is 13.1 Å². The highest BCUT2D eigenvalue weighted by molar-refractivity contribution is 4.87. The van der Waals surface area contributed by atoms with E-state index in [0.717, 1.165) is 31.6 Å². The Labute approximate surface area is 102 Å². The quantitative estimate of drug-likeness (QED) is 0.771. The number of aliphatic hydroxyl groups excluding tert-OH is 1. The first-order valence-corrected chi connectivity index (χ1v) is 6.59. The molecule has 0 aliphatic heterocycles. The second-order valence-corrected chi connectivity index (χ2v) is 4.73. The molecule has 1 aromatic rings. The summed E-state index contributed by atoms with van der Waals surface area (Å²) in [4.78, 5) is 0. The highest BCUT2D eigenvalue weighted by Gasteiger charge is 2.21. The van der Waals surface area contributed by atoms with Crippen molar-refractivity contribution < 1.29 is 5.11 Å². The van der Waals surface area contributed by atoms with Gasteiger partial charge < -0.3 is 15.0 Å². The van der Waals surface area contributed by atoms with Crippen LogP contribution >= 0.6 is 0 Å². The van der Waals surface area contributed by atoms with Gasteiger partial charge in [-0.25, -0.2) is 0 Å². The molecule has 2 rings (SSSR count). The third-order valence-corrected chi connectivity index (χ3v) is 3.54. The topological polar surface area (TPSA) is 63.0 Å². The van der Waals surface area contributed by atoms with Crippen molar-refractivity contribution in [2.45, 2.75) is 64.3 Å². The summed E-state index contributed by atoms with van der Waals surface area (Å²) in [5, 5.41) is 21.4. The predicted molar refractivity (Wildman–Crippen MR) is 65.4 cm³/mol. The molecule has 2 N–H and O–H groups in total. The van der Waals surface area contributed by atoms with Crippen molar-refractivity contribution in [3.8, 4) is 0 Å². The van der Waals surface area contributed by atoms with Crippen LogP contribution in [0.15, 0.2) is 6.33 Å². The van der Waals surface area contributed by atoms with Crippen LogP contribution in [0.4, 0.5) is 0 Å². The Morgan fingerprint density at radius 2 is 2.24 bits per heavy atom. The molecule has 0 spiro atoms. The van der Waals surface area contributed by atoms with Crippen LogP contribution in [0.25, 0.3) is 0 Å². The van der Waals surface area contributed by atoms with Gasteiger partial charge in [0.25, 0.3) is 0 Å². The Balaban J connectivity index is 1.88. The van der Waals surface area contributed by atoms with E-state index in [0.29, 0.717) is 6.54 Å². The van der Waals surface area contributed by atoms with E-state index in [-0.39, 0.29) is 12.1 Å². The standard InChI is InChI=1S/C12H22N4O/c1-2-16-9-14-15-12(16)8-13-10-6-4-3-5-7-11(10)17/h9-11,13,17H,2-8H2,1H3. The normalized spacial score (nSPS) is 25.8. The summed E-state index contributed by atoms with van der Waals surface area (Å²) < 4.78 is 2.02. The molecule has 0 aromatic carbocycles. The molecular weight excluding hydrogens is 216 g/mol. The first-order valence-electron chi connectivity index (χ1n) is 6.59. The van der Waals surface area contributed by atoms with E-state index < -0.39 is 0 Å². The molecule has 96 valence electrons. The van der Waals surface area contributed by atoms with Crippen LogP contribution in [-0.4, -0.2) is 32.0 Å². The van der Waals surface area contributed by atoms with Gasteiger partial charge in [-0.15, -0.1) is 10.2 Å². The number of hydrogen-bond acceptors (Lipinski definition) is 4. The fraction of sp³-hybridized carbons (Fsp3) is 0.833. The zero-order valence-electron chi connectivity index (χ0n) is 10.5. The third kappa shape index (κ3) is 3.26. The number of aryl methyl sites for hydroxylation is 1. The van der Waals surface area contributed by atoms with Crippen LogP contribution in [0.2, 0.25) is 0 Å². The fourth-order valence-electron chi connectivity index (χ4n) is 2.43. The van der Waals surface area contributed by atoms with E-state index in [1.54, 1.807) is 6.33 Å². The summed E-state index contributed by atoms with van der Waals surface area (Å²) in [7, 11) is 0. The van der Waals surface area contributed by atoms with Gasteiger partial charge in [0.2, 0.25) is 0 Å². The molecule has 1 aliphatic rings. The molecule has 17 heavy (non-hydrogen) atoms. The van der Waals surface area contributed by atoms with Crippen LogP contribution in [0.1, 0.15) is 44.9 Å². The van der Waals surface area contributed by atoms with Crippen LogP contribution in [0.3, 0.4) is 0 Å². The summed E-state index contributed by atoms with van der Waals surface area (Å²) in [5.74, 6) is 0.948. The average Bonchev–Trinajstić information content (AvgIpc) is 2.70. The summed E-state index contributed by atoms with van der Waals surface area (Å²) >= 11 is 0. The van der Waals surface area contributed by atoms with Crippen LogP contribution in [0, 0.1) is 0 Å². The monoisotopic (exact) mass is 238 g/mol. The van der Waals surface area contributed by atoms with Crippen molar-refractivity contribution in [3.63, 3.8) is 0 Å². The maximum absolute atomic E-state index is 10.00. The first kappa shape index (κ1) is 12.5. The molecular formula is C12H22N4O. The van der Waals surface area contributed by atoms with Crippen molar-refractivity contribution in [1.29, 1.82) is 0 Å². The molecule has 0 radical (unpaired) electrons. The minimum Gasteiger partial charge on any atom is -0.392 e. The Hall–Kier alpha value is -0.940. The minimum atomic E-state index is -0.213. The fourth-order valence-corrected chi connectivity index (χ4v) is 2.43. The van der Waals surface area contributed by atoms with E-state index in [9.17, 15) is 5.11 Å². The lowest BCUT2D eigenvalue weighted by molar-refractivity contribution is 0.119.